The largest absolute Gasteiger partial charge is 0.326 e. The van der Waals surface area contributed by atoms with Crippen LogP contribution < -0.4 is 10.6 Å². The van der Waals surface area contributed by atoms with Gasteiger partial charge in [-0.1, -0.05) is 73.2 Å². The minimum absolute atomic E-state index is 0.0261. The zero-order chi connectivity index (χ0) is 19.6. The second-order valence-corrected chi connectivity index (χ2v) is 7.92. The average molecular weight is 435 g/mol. The molecule has 0 unspecified atom stereocenters. The molecule has 9 heteroatoms. The highest BCUT2D eigenvalue weighted by Crippen LogP contribution is 2.36. The van der Waals surface area contributed by atoms with Crippen LogP contribution in [0.15, 0.2) is 24.3 Å². The number of amides is 2. The molecule has 1 aromatic heterocycles. The van der Waals surface area contributed by atoms with Gasteiger partial charge in [-0.3, -0.25) is 9.59 Å². The Morgan fingerprint density at radius 2 is 1.50 bits per heavy atom. The first-order valence-corrected chi connectivity index (χ1v) is 8.94. The van der Waals surface area contributed by atoms with Gasteiger partial charge in [0, 0.05) is 16.8 Å². The number of carbonyl (C=O) groups is 2. The summed E-state index contributed by atoms with van der Waals surface area (Å²) in [6.07, 6.45) is 0. The fourth-order valence-electron chi connectivity index (χ4n) is 1.82. The summed E-state index contributed by atoms with van der Waals surface area (Å²) in [5.74, 6) is -0.767. The van der Waals surface area contributed by atoms with Crippen LogP contribution in [-0.2, 0) is 4.79 Å². The number of carbonyl (C=O) groups excluding carboxylic acids is 2. The highest BCUT2D eigenvalue weighted by molar-refractivity contribution is 6.52. The highest BCUT2D eigenvalue weighted by Gasteiger charge is 2.22. The Bertz CT molecular complexity index is 879. The number of anilines is 2. The Labute approximate surface area is 171 Å². The Morgan fingerprint density at radius 3 is 2.08 bits per heavy atom. The molecule has 0 radical (unpaired) electrons. The van der Waals surface area contributed by atoms with Crippen molar-refractivity contribution < 1.29 is 9.59 Å². The molecule has 2 aromatic rings. The van der Waals surface area contributed by atoms with Gasteiger partial charge in [0.25, 0.3) is 5.91 Å². The van der Waals surface area contributed by atoms with Gasteiger partial charge in [0.1, 0.15) is 10.8 Å². The third-order valence-electron chi connectivity index (χ3n) is 3.26. The lowest BCUT2D eigenvalue weighted by Gasteiger charge is -2.18. The normalized spacial score (nSPS) is 11.2. The Morgan fingerprint density at radius 1 is 0.923 bits per heavy atom. The van der Waals surface area contributed by atoms with Crippen LogP contribution >= 0.6 is 46.4 Å². The zero-order valence-corrected chi connectivity index (χ0v) is 17.1. The van der Waals surface area contributed by atoms with E-state index < -0.39 is 11.3 Å². The summed E-state index contributed by atoms with van der Waals surface area (Å²) in [5.41, 5.74) is 0.263. The van der Waals surface area contributed by atoms with Crippen molar-refractivity contribution in [3.05, 3.63) is 50.2 Å². The lowest BCUT2D eigenvalue weighted by atomic mass is 9.95. The maximum Gasteiger partial charge on any atom is 0.275 e. The fraction of sp³-hybridized carbons (Fsp3) is 0.235. The van der Waals surface area contributed by atoms with Crippen LogP contribution in [0.25, 0.3) is 0 Å². The van der Waals surface area contributed by atoms with Crippen LogP contribution in [0.2, 0.25) is 20.2 Å². The summed E-state index contributed by atoms with van der Waals surface area (Å²) in [5, 5.41) is 5.10. The van der Waals surface area contributed by atoms with Crippen molar-refractivity contribution in [3.8, 4) is 0 Å². The van der Waals surface area contributed by atoms with Gasteiger partial charge in [0.2, 0.25) is 5.91 Å². The summed E-state index contributed by atoms with van der Waals surface area (Å²) in [6, 6.07) is 6.65. The van der Waals surface area contributed by atoms with Gasteiger partial charge in [-0.2, -0.15) is 0 Å². The van der Waals surface area contributed by atoms with Crippen molar-refractivity contribution in [2.45, 2.75) is 20.8 Å². The van der Waals surface area contributed by atoms with Crippen molar-refractivity contribution in [3.63, 3.8) is 0 Å². The van der Waals surface area contributed by atoms with E-state index in [1.165, 1.54) is 0 Å². The van der Waals surface area contributed by atoms with E-state index in [0.717, 1.165) is 0 Å². The average Bonchev–Trinajstić information content (AvgIpc) is 2.55. The number of hydrogen-bond acceptors (Lipinski definition) is 3. The first kappa shape index (κ1) is 20.8. The van der Waals surface area contributed by atoms with Crippen molar-refractivity contribution in [2.24, 2.45) is 5.41 Å². The number of benzene rings is 1. The first-order chi connectivity index (χ1) is 12.0. The molecular formula is C17H15Cl4N3O2. The molecule has 2 amide bonds. The lowest BCUT2D eigenvalue weighted by Crippen LogP contribution is -2.27. The number of nitrogens with one attached hydrogen (secondary N) is 2. The zero-order valence-electron chi connectivity index (χ0n) is 14.1. The molecule has 0 aliphatic carbocycles. The molecule has 1 aromatic carbocycles. The van der Waals surface area contributed by atoms with Crippen molar-refractivity contribution in [2.75, 3.05) is 10.6 Å². The van der Waals surface area contributed by atoms with Gasteiger partial charge in [-0.05, 0) is 18.2 Å². The topological polar surface area (TPSA) is 71.1 Å². The van der Waals surface area contributed by atoms with Crippen LogP contribution in [0.1, 0.15) is 31.3 Å². The second kappa shape index (κ2) is 8.01. The highest BCUT2D eigenvalue weighted by atomic mass is 35.5. The van der Waals surface area contributed by atoms with E-state index in [1.807, 2.05) is 0 Å². The molecule has 0 saturated carbocycles. The van der Waals surface area contributed by atoms with E-state index in [1.54, 1.807) is 45.0 Å². The van der Waals surface area contributed by atoms with E-state index in [4.69, 9.17) is 46.4 Å². The van der Waals surface area contributed by atoms with Crippen molar-refractivity contribution in [1.29, 1.82) is 0 Å². The molecule has 2 rings (SSSR count). The monoisotopic (exact) mass is 433 g/mol. The van der Waals surface area contributed by atoms with Gasteiger partial charge in [-0.25, -0.2) is 4.98 Å². The van der Waals surface area contributed by atoms with Gasteiger partial charge < -0.3 is 10.6 Å². The summed E-state index contributed by atoms with van der Waals surface area (Å²) >= 11 is 23.7. The van der Waals surface area contributed by atoms with Gasteiger partial charge >= 0.3 is 0 Å². The first-order valence-electron chi connectivity index (χ1n) is 7.43. The van der Waals surface area contributed by atoms with Gasteiger partial charge in [-0.15, -0.1) is 0 Å². The molecule has 26 heavy (non-hydrogen) atoms. The van der Waals surface area contributed by atoms with Crippen LogP contribution in [0.4, 0.5) is 11.4 Å². The van der Waals surface area contributed by atoms with E-state index >= 15 is 0 Å². The molecular weight excluding hydrogens is 420 g/mol. The SMILES string of the molecule is CC(C)(C)C(=O)Nc1cccc(NC(=O)c2nc(Cl)c(Cl)c(Cl)c2Cl)c1. The number of pyridine rings is 1. The number of aromatic nitrogens is 1. The van der Waals surface area contributed by atoms with Crippen molar-refractivity contribution >= 4 is 69.6 Å². The van der Waals surface area contributed by atoms with Gasteiger partial charge in [0.05, 0.1) is 15.1 Å². The van der Waals surface area contributed by atoms with Crippen LogP contribution in [0.5, 0.6) is 0 Å². The number of rotatable bonds is 3. The van der Waals surface area contributed by atoms with Gasteiger partial charge in [0.15, 0.2) is 0 Å². The summed E-state index contributed by atoms with van der Waals surface area (Å²) in [7, 11) is 0. The van der Waals surface area contributed by atoms with E-state index in [0.29, 0.717) is 11.4 Å². The minimum Gasteiger partial charge on any atom is -0.326 e. The molecule has 0 fully saturated rings. The minimum atomic E-state index is -0.616. The smallest absolute Gasteiger partial charge is 0.275 e. The molecule has 0 aliphatic rings. The van der Waals surface area contributed by atoms with E-state index in [9.17, 15) is 9.59 Å². The number of nitrogens with zero attached hydrogens (tertiary/aromatic N) is 1. The quantitative estimate of drug-likeness (QED) is 0.587. The Balaban J connectivity index is 2.23. The molecule has 0 saturated heterocycles. The number of hydrogen-bond donors (Lipinski definition) is 2. The molecule has 0 bridgehead atoms. The molecule has 0 spiro atoms. The molecule has 1 heterocycles. The third-order valence-corrected chi connectivity index (χ3v) is 4.94. The standard InChI is InChI=1S/C17H15Cl4N3O2/c1-17(2,3)16(26)23-9-6-4-5-8(7-9)22-15(25)13-11(19)10(18)12(20)14(21)24-13/h4-7H,1-3H3,(H,22,25)(H,23,26). The van der Waals surface area contributed by atoms with Crippen molar-refractivity contribution in [1.82, 2.24) is 4.98 Å². The summed E-state index contributed by atoms with van der Waals surface area (Å²) in [4.78, 5) is 28.4. The van der Waals surface area contributed by atoms with Crippen LogP contribution in [0.3, 0.4) is 0 Å². The summed E-state index contributed by atoms with van der Waals surface area (Å²) < 4.78 is 0. The van der Waals surface area contributed by atoms with E-state index in [2.05, 4.69) is 15.6 Å². The fourth-order valence-corrected chi connectivity index (χ4v) is 2.64. The second-order valence-electron chi connectivity index (χ2n) is 6.43. The molecule has 0 aliphatic heterocycles. The third kappa shape index (κ3) is 4.80. The Hall–Kier alpha value is -1.53. The maximum absolute atomic E-state index is 12.4. The Kier molecular flexibility index (Phi) is 6.40. The predicted molar refractivity (Wildman–Crippen MR) is 107 cm³/mol. The molecule has 2 N–H and O–H groups in total. The number of halogens is 4. The molecule has 5 nitrogen and oxygen atoms in total. The summed E-state index contributed by atoms with van der Waals surface area (Å²) in [6.45, 7) is 5.40. The lowest BCUT2D eigenvalue weighted by molar-refractivity contribution is -0.123. The van der Waals surface area contributed by atoms with Crippen LogP contribution in [-0.4, -0.2) is 16.8 Å². The van der Waals surface area contributed by atoms with E-state index in [-0.39, 0.29) is 31.8 Å². The maximum atomic E-state index is 12.4. The van der Waals surface area contributed by atoms with Crippen LogP contribution in [0, 0.1) is 5.41 Å². The molecule has 138 valence electrons. The predicted octanol–water partition coefficient (Wildman–Crippen LogP) is 5.93. The molecule has 0 atom stereocenters.